The first-order chi connectivity index (χ1) is 11.8. The molecule has 1 aliphatic rings. The third kappa shape index (κ3) is 4.08. The molecule has 0 aliphatic carbocycles. The highest BCUT2D eigenvalue weighted by atomic mass is 32.2. The van der Waals surface area contributed by atoms with Gasteiger partial charge in [-0.15, -0.1) is 10.2 Å². The van der Waals surface area contributed by atoms with E-state index in [2.05, 4.69) is 10.2 Å². The first kappa shape index (κ1) is 16.8. The number of hydrogen-bond acceptors (Lipinski definition) is 5. The molecule has 1 aliphatic heterocycles. The molecule has 0 unspecified atom stereocenters. The molecule has 0 N–H and O–H groups in total. The van der Waals surface area contributed by atoms with Crippen LogP contribution in [0.2, 0.25) is 0 Å². The zero-order chi connectivity index (χ0) is 16.8. The van der Waals surface area contributed by atoms with Gasteiger partial charge in [0.2, 0.25) is 5.91 Å². The summed E-state index contributed by atoms with van der Waals surface area (Å²) < 4.78 is 7.14. The number of aromatic nitrogens is 3. The first-order valence-corrected chi connectivity index (χ1v) is 9.21. The third-order valence-corrected chi connectivity index (χ3v) is 5.06. The molecule has 1 saturated heterocycles. The second-order valence-electron chi connectivity index (χ2n) is 5.77. The molecule has 128 valence electrons. The van der Waals surface area contributed by atoms with E-state index in [0.717, 1.165) is 37.4 Å². The first-order valence-electron chi connectivity index (χ1n) is 8.23. The van der Waals surface area contributed by atoms with E-state index in [-0.39, 0.29) is 5.91 Å². The molecule has 1 aromatic carbocycles. The number of nitrogens with zero attached hydrogens (tertiary/aromatic N) is 4. The molecule has 6 nitrogen and oxygen atoms in total. The Morgan fingerprint density at radius 3 is 2.79 bits per heavy atom. The molecule has 0 atom stereocenters. The number of hydrogen-bond donors (Lipinski definition) is 0. The van der Waals surface area contributed by atoms with Crippen LogP contribution in [0.15, 0.2) is 35.7 Å². The standard InChI is InChI=1S/C17H22N4O2S/c1-23-15-8-6-7-14(11-15)21-13-18-19-17(21)24-12-16(22)20-9-4-2-3-5-10-20/h6-8,11,13H,2-5,9-10,12H2,1H3. The fourth-order valence-electron chi connectivity index (χ4n) is 2.80. The van der Waals surface area contributed by atoms with Crippen molar-refractivity contribution in [3.63, 3.8) is 0 Å². The van der Waals surface area contributed by atoms with Crippen LogP contribution in [0.4, 0.5) is 0 Å². The zero-order valence-electron chi connectivity index (χ0n) is 13.9. The molecule has 1 fully saturated rings. The highest BCUT2D eigenvalue weighted by molar-refractivity contribution is 7.99. The van der Waals surface area contributed by atoms with Crippen molar-refractivity contribution in [2.75, 3.05) is 26.0 Å². The highest BCUT2D eigenvalue weighted by Gasteiger charge is 2.17. The fraction of sp³-hybridized carbons (Fsp3) is 0.471. The van der Waals surface area contributed by atoms with Crippen molar-refractivity contribution in [3.05, 3.63) is 30.6 Å². The summed E-state index contributed by atoms with van der Waals surface area (Å²) in [5.41, 5.74) is 0.920. The Labute approximate surface area is 146 Å². The minimum absolute atomic E-state index is 0.182. The second kappa shape index (κ2) is 8.19. The van der Waals surface area contributed by atoms with Gasteiger partial charge in [0, 0.05) is 19.2 Å². The molecule has 0 spiro atoms. The topological polar surface area (TPSA) is 60.2 Å². The number of rotatable bonds is 5. The predicted octanol–water partition coefficient (Wildman–Crippen LogP) is 2.77. The Balaban J connectivity index is 1.66. The molecule has 0 bridgehead atoms. The molecular weight excluding hydrogens is 324 g/mol. The molecule has 24 heavy (non-hydrogen) atoms. The van der Waals surface area contributed by atoms with Crippen LogP contribution in [0.1, 0.15) is 25.7 Å². The average molecular weight is 346 g/mol. The minimum atomic E-state index is 0.182. The molecule has 1 amide bonds. The molecule has 0 radical (unpaired) electrons. The summed E-state index contributed by atoms with van der Waals surface area (Å²) in [7, 11) is 1.64. The van der Waals surface area contributed by atoms with Crippen molar-refractivity contribution in [1.82, 2.24) is 19.7 Å². The van der Waals surface area contributed by atoms with Crippen LogP contribution in [0.3, 0.4) is 0 Å². The summed E-state index contributed by atoms with van der Waals surface area (Å²) in [5, 5.41) is 8.85. The summed E-state index contributed by atoms with van der Waals surface area (Å²) in [6.07, 6.45) is 6.32. The molecule has 1 aromatic heterocycles. The number of amides is 1. The minimum Gasteiger partial charge on any atom is -0.497 e. The van der Waals surface area contributed by atoms with Crippen LogP contribution in [-0.2, 0) is 4.79 Å². The van der Waals surface area contributed by atoms with E-state index in [0.29, 0.717) is 10.9 Å². The Bertz CT molecular complexity index is 681. The van der Waals surface area contributed by atoms with Crippen molar-refractivity contribution in [2.45, 2.75) is 30.8 Å². The van der Waals surface area contributed by atoms with Crippen LogP contribution in [0.25, 0.3) is 5.69 Å². The van der Waals surface area contributed by atoms with Gasteiger partial charge in [0.05, 0.1) is 18.6 Å². The van der Waals surface area contributed by atoms with E-state index in [9.17, 15) is 4.79 Å². The Hall–Kier alpha value is -2.02. The van der Waals surface area contributed by atoms with Gasteiger partial charge in [-0.05, 0) is 25.0 Å². The molecular formula is C17H22N4O2S. The second-order valence-corrected chi connectivity index (χ2v) is 6.71. The lowest BCUT2D eigenvalue weighted by atomic mass is 10.2. The van der Waals surface area contributed by atoms with Gasteiger partial charge in [0.1, 0.15) is 12.1 Å². The number of ether oxygens (including phenoxy) is 1. The smallest absolute Gasteiger partial charge is 0.233 e. The summed E-state index contributed by atoms with van der Waals surface area (Å²) in [6.45, 7) is 1.75. The molecule has 3 rings (SSSR count). The van der Waals surface area contributed by atoms with E-state index in [1.54, 1.807) is 13.4 Å². The van der Waals surface area contributed by atoms with Gasteiger partial charge in [-0.3, -0.25) is 9.36 Å². The van der Waals surface area contributed by atoms with Crippen LogP contribution in [0.5, 0.6) is 5.75 Å². The third-order valence-electron chi connectivity index (χ3n) is 4.13. The van der Waals surface area contributed by atoms with Crippen molar-refractivity contribution in [2.24, 2.45) is 0 Å². The lowest BCUT2D eigenvalue weighted by Gasteiger charge is -2.19. The molecule has 0 saturated carbocycles. The summed E-state index contributed by atoms with van der Waals surface area (Å²) in [5.74, 6) is 1.35. The van der Waals surface area contributed by atoms with E-state index in [4.69, 9.17) is 4.74 Å². The number of methoxy groups -OCH3 is 1. The van der Waals surface area contributed by atoms with Crippen molar-refractivity contribution in [3.8, 4) is 11.4 Å². The lowest BCUT2D eigenvalue weighted by Crippen LogP contribution is -2.33. The normalized spacial score (nSPS) is 15.1. The lowest BCUT2D eigenvalue weighted by molar-refractivity contribution is -0.128. The quantitative estimate of drug-likeness (QED) is 0.779. The Kier molecular flexibility index (Phi) is 5.74. The van der Waals surface area contributed by atoms with Gasteiger partial charge in [-0.1, -0.05) is 30.7 Å². The maximum absolute atomic E-state index is 12.4. The average Bonchev–Trinajstić information content (AvgIpc) is 2.92. The molecule has 2 aromatic rings. The maximum atomic E-state index is 12.4. The van der Waals surface area contributed by atoms with Crippen LogP contribution >= 0.6 is 11.8 Å². The van der Waals surface area contributed by atoms with Crippen LogP contribution < -0.4 is 4.74 Å². The van der Waals surface area contributed by atoms with Gasteiger partial charge < -0.3 is 9.64 Å². The maximum Gasteiger partial charge on any atom is 0.233 e. The van der Waals surface area contributed by atoms with Gasteiger partial charge >= 0.3 is 0 Å². The summed E-state index contributed by atoms with van der Waals surface area (Å²) in [4.78, 5) is 14.4. The van der Waals surface area contributed by atoms with E-state index in [1.165, 1.54) is 24.6 Å². The van der Waals surface area contributed by atoms with Crippen LogP contribution in [-0.4, -0.2) is 51.5 Å². The number of thioether (sulfide) groups is 1. The highest BCUT2D eigenvalue weighted by Crippen LogP contribution is 2.23. The van der Waals surface area contributed by atoms with Crippen molar-refractivity contribution >= 4 is 17.7 Å². The largest absolute Gasteiger partial charge is 0.497 e. The fourth-order valence-corrected chi connectivity index (χ4v) is 3.63. The number of carbonyl (C=O) groups is 1. The van der Waals surface area contributed by atoms with Crippen molar-refractivity contribution in [1.29, 1.82) is 0 Å². The van der Waals surface area contributed by atoms with Gasteiger partial charge in [-0.2, -0.15) is 0 Å². The summed E-state index contributed by atoms with van der Waals surface area (Å²) >= 11 is 1.43. The van der Waals surface area contributed by atoms with Gasteiger partial charge in [0.25, 0.3) is 0 Å². The Morgan fingerprint density at radius 2 is 2.04 bits per heavy atom. The van der Waals surface area contributed by atoms with Gasteiger partial charge in [-0.25, -0.2) is 0 Å². The van der Waals surface area contributed by atoms with E-state index >= 15 is 0 Å². The Morgan fingerprint density at radius 1 is 1.25 bits per heavy atom. The zero-order valence-corrected chi connectivity index (χ0v) is 14.7. The van der Waals surface area contributed by atoms with Crippen LogP contribution in [0, 0.1) is 0 Å². The number of likely N-dealkylation sites (tertiary alicyclic amines) is 1. The monoisotopic (exact) mass is 346 g/mol. The molecule has 7 heteroatoms. The van der Waals surface area contributed by atoms with E-state index < -0.39 is 0 Å². The van der Waals surface area contributed by atoms with Gasteiger partial charge in [0.15, 0.2) is 5.16 Å². The van der Waals surface area contributed by atoms with Crippen molar-refractivity contribution < 1.29 is 9.53 Å². The molecule has 2 heterocycles. The number of carbonyl (C=O) groups excluding carboxylic acids is 1. The SMILES string of the molecule is COc1cccc(-n2cnnc2SCC(=O)N2CCCCCC2)c1. The number of benzene rings is 1. The summed E-state index contributed by atoms with van der Waals surface area (Å²) in [6, 6.07) is 7.70. The predicted molar refractivity (Wildman–Crippen MR) is 93.7 cm³/mol. The van der Waals surface area contributed by atoms with E-state index in [1.807, 2.05) is 33.7 Å².